The second-order valence-electron chi connectivity index (χ2n) is 4.56. The van der Waals surface area contributed by atoms with Crippen LogP contribution in [0.3, 0.4) is 0 Å². The van der Waals surface area contributed by atoms with Crippen LogP contribution in [-0.4, -0.2) is 5.91 Å². The molecule has 0 unspecified atom stereocenters. The van der Waals surface area contributed by atoms with Gasteiger partial charge >= 0.3 is 0 Å². The molecule has 1 aromatic carbocycles. The summed E-state index contributed by atoms with van der Waals surface area (Å²) in [6.45, 7) is 0. The zero-order valence-corrected chi connectivity index (χ0v) is 12.6. The van der Waals surface area contributed by atoms with Gasteiger partial charge in [-0.3, -0.25) is 4.79 Å². The molecule has 0 bridgehead atoms. The van der Waals surface area contributed by atoms with E-state index in [1.165, 1.54) is 4.88 Å². The highest BCUT2D eigenvalue weighted by molar-refractivity contribution is 9.10. The van der Waals surface area contributed by atoms with Crippen LogP contribution < -0.4 is 11.1 Å². The van der Waals surface area contributed by atoms with Crippen molar-refractivity contribution < 1.29 is 4.79 Å². The van der Waals surface area contributed by atoms with Gasteiger partial charge in [-0.05, 0) is 49.1 Å². The topological polar surface area (TPSA) is 55.1 Å². The number of hydrogen-bond donors (Lipinski definition) is 2. The van der Waals surface area contributed by atoms with E-state index in [1.807, 2.05) is 24.3 Å². The van der Waals surface area contributed by atoms with Gasteiger partial charge in [-0.15, -0.1) is 11.3 Å². The molecule has 98 valence electrons. The van der Waals surface area contributed by atoms with Gasteiger partial charge in [-0.2, -0.15) is 0 Å². The Morgan fingerprint density at radius 1 is 1.26 bits per heavy atom. The number of nitrogens with two attached hydrogens (primary N) is 1. The lowest BCUT2D eigenvalue weighted by Crippen LogP contribution is -2.14. The van der Waals surface area contributed by atoms with E-state index in [-0.39, 0.29) is 5.91 Å². The SMILES string of the molecule is Nc1sc2c(c1C(=O)Nc1ccc(Br)cc1)CCC2. The molecule has 3 nitrogen and oxygen atoms in total. The van der Waals surface area contributed by atoms with Crippen molar-refractivity contribution in [1.82, 2.24) is 0 Å². The van der Waals surface area contributed by atoms with E-state index in [9.17, 15) is 4.79 Å². The highest BCUT2D eigenvalue weighted by atomic mass is 79.9. The Kier molecular flexibility index (Phi) is 3.33. The van der Waals surface area contributed by atoms with Gasteiger partial charge in [0.05, 0.1) is 10.6 Å². The molecule has 0 spiro atoms. The Labute approximate surface area is 124 Å². The minimum absolute atomic E-state index is 0.0979. The number of hydrogen-bond acceptors (Lipinski definition) is 3. The number of anilines is 2. The summed E-state index contributed by atoms with van der Waals surface area (Å²) in [7, 11) is 0. The van der Waals surface area contributed by atoms with E-state index in [2.05, 4.69) is 21.2 Å². The van der Waals surface area contributed by atoms with Crippen molar-refractivity contribution in [3.63, 3.8) is 0 Å². The molecular weight excluding hydrogens is 324 g/mol. The molecule has 0 atom stereocenters. The van der Waals surface area contributed by atoms with Gasteiger partial charge in [0.1, 0.15) is 0 Å². The summed E-state index contributed by atoms with van der Waals surface area (Å²) in [5, 5.41) is 3.55. The van der Waals surface area contributed by atoms with Crippen molar-refractivity contribution in [1.29, 1.82) is 0 Å². The quantitative estimate of drug-likeness (QED) is 0.875. The van der Waals surface area contributed by atoms with E-state index in [1.54, 1.807) is 11.3 Å². The van der Waals surface area contributed by atoms with Gasteiger partial charge in [-0.1, -0.05) is 15.9 Å². The summed E-state index contributed by atoms with van der Waals surface area (Å²) in [6.07, 6.45) is 3.14. The monoisotopic (exact) mass is 336 g/mol. The Morgan fingerprint density at radius 2 is 2.00 bits per heavy atom. The van der Waals surface area contributed by atoms with E-state index in [4.69, 9.17) is 5.73 Å². The molecule has 0 fully saturated rings. The lowest BCUT2D eigenvalue weighted by atomic mass is 10.1. The number of aryl methyl sites for hydroxylation is 1. The highest BCUT2D eigenvalue weighted by Gasteiger charge is 2.25. The highest BCUT2D eigenvalue weighted by Crippen LogP contribution is 2.37. The molecule has 5 heteroatoms. The molecule has 2 aromatic rings. The largest absolute Gasteiger partial charge is 0.390 e. The van der Waals surface area contributed by atoms with Crippen LogP contribution in [0.1, 0.15) is 27.2 Å². The molecule has 1 aliphatic carbocycles. The number of carbonyl (C=O) groups excluding carboxylic acids is 1. The molecular formula is C14H13BrN2OS. The van der Waals surface area contributed by atoms with Crippen LogP contribution in [0.2, 0.25) is 0 Å². The second kappa shape index (κ2) is 4.98. The average molecular weight is 337 g/mol. The van der Waals surface area contributed by atoms with Crippen molar-refractivity contribution in [2.75, 3.05) is 11.1 Å². The Balaban J connectivity index is 1.86. The number of thiophene rings is 1. The molecule has 0 radical (unpaired) electrons. The third-order valence-electron chi connectivity index (χ3n) is 3.28. The van der Waals surface area contributed by atoms with Crippen molar-refractivity contribution in [3.05, 3.63) is 44.7 Å². The fourth-order valence-electron chi connectivity index (χ4n) is 2.40. The summed E-state index contributed by atoms with van der Waals surface area (Å²) < 4.78 is 0.987. The van der Waals surface area contributed by atoms with Crippen LogP contribution in [0.5, 0.6) is 0 Å². The van der Waals surface area contributed by atoms with E-state index in [0.29, 0.717) is 10.6 Å². The van der Waals surface area contributed by atoms with E-state index >= 15 is 0 Å². The maximum atomic E-state index is 12.3. The van der Waals surface area contributed by atoms with Gasteiger partial charge < -0.3 is 11.1 Å². The fraction of sp³-hybridized carbons (Fsp3) is 0.214. The first-order valence-corrected chi connectivity index (χ1v) is 7.73. The van der Waals surface area contributed by atoms with Crippen molar-refractivity contribution >= 4 is 43.9 Å². The van der Waals surface area contributed by atoms with E-state index in [0.717, 1.165) is 35.0 Å². The van der Waals surface area contributed by atoms with Crippen LogP contribution in [0.25, 0.3) is 0 Å². The molecule has 19 heavy (non-hydrogen) atoms. The van der Waals surface area contributed by atoms with Gasteiger partial charge in [0.15, 0.2) is 0 Å². The van der Waals surface area contributed by atoms with E-state index < -0.39 is 0 Å². The van der Waals surface area contributed by atoms with Crippen LogP contribution in [-0.2, 0) is 12.8 Å². The molecule has 0 aliphatic heterocycles. The Morgan fingerprint density at radius 3 is 2.74 bits per heavy atom. The number of fused-ring (bicyclic) bond motifs is 1. The van der Waals surface area contributed by atoms with Gasteiger partial charge in [-0.25, -0.2) is 0 Å². The number of nitrogen functional groups attached to an aromatic ring is 1. The van der Waals surface area contributed by atoms with Crippen molar-refractivity contribution in [2.24, 2.45) is 0 Å². The first-order valence-electron chi connectivity index (χ1n) is 6.12. The fourth-order valence-corrected chi connectivity index (χ4v) is 3.82. The number of benzene rings is 1. The number of nitrogens with one attached hydrogen (secondary N) is 1. The summed E-state index contributed by atoms with van der Waals surface area (Å²) in [6, 6.07) is 7.53. The zero-order chi connectivity index (χ0) is 13.4. The third kappa shape index (κ3) is 2.40. The zero-order valence-electron chi connectivity index (χ0n) is 10.2. The van der Waals surface area contributed by atoms with Crippen LogP contribution in [0.4, 0.5) is 10.7 Å². The number of amides is 1. The predicted molar refractivity (Wildman–Crippen MR) is 82.9 cm³/mol. The smallest absolute Gasteiger partial charge is 0.258 e. The molecule has 3 rings (SSSR count). The van der Waals surface area contributed by atoms with Crippen molar-refractivity contribution in [2.45, 2.75) is 19.3 Å². The summed E-state index contributed by atoms with van der Waals surface area (Å²) in [5.74, 6) is -0.0979. The first-order chi connectivity index (χ1) is 9.15. The maximum absolute atomic E-state index is 12.3. The second-order valence-corrected chi connectivity index (χ2v) is 6.61. The minimum atomic E-state index is -0.0979. The van der Waals surface area contributed by atoms with Gasteiger partial charge in [0.2, 0.25) is 0 Å². The molecule has 1 aromatic heterocycles. The molecule has 1 amide bonds. The summed E-state index contributed by atoms with van der Waals surface area (Å²) in [4.78, 5) is 13.6. The Hall–Kier alpha value is -1.33. The number of rotatable bonds is 2. The van der Waals surface area contributed by atoms with Crippen LogP contribution in [0.15, 0.2) is 28.7 Å². The number of carbonyl (C=O) groups is 1. The van der Waals surface area contributed by atoms with Gasteiger partial charge in [0, 0.05) is 15.0 Å². The lowest BCUT2D eigenvalue weighted by Gasteiger charge is -2.06. The summed E-state index contributed by atoms with van der Waals surface area (Å²) in [5.41, 5.74) is 8.59. The van der Waals surface area contributed by atoms with Crippen LogP contribution >= 0.6 is 27.3 Å². The third-order valence-corrected chi connectivity index (χ3v) is 4.93. The summed E-state index contributed by atoms with van der Waals surface area (Å²) >= 11 is 4.93. The van der Waals surface area contributed by atoms with Crippen LogP contribution in [0, 0.1) is 0 Å². The minimum Gasteiger partial charge on any atom is -0.390 e. The lowest BCUT2D eigenvalue weighted by molar-refractivity contribution is 0.102. The average Bonchev–Trinajstić information content (AvgIpc) is 2.91. The van der Waals surface area contributed by atoms with Gasteiger partial charge in [0.25, 0.3) is 5.91 Å². The van der Waals surface area contributed by atoms with Crippen molar-refractivity contribution in [3.8, 4) is 0 Å². The molecule has 0 saturated heterocycles. The molecule has 0 saturated carbocycles. The standard InChI is InChI=1S/C14H13BrN2OS/c15-8-4-6-9(7-5-8)17-14(18)12-10-2-1-3-11(10)19-13(12)16/h4-7H,1-3,16H2,(H,17,18). The maximum Gasteiger partial charge on any atom is 0.258 e. The number of halogens is 1. The normalized spacial score (nSPS) is 13.3. The molecule has 1 heterocycles. The molecule has 1 aliphatic rings. The first kappa shape index (κ1) is 12.7. The Bertz CT molecular complexity index is 634. The predicted octanol–water partition coefficient (Wildman–Crippen LogP) is 3.83. The molecule has 3 N–H and O–H groups in total.